The number of halogens is 1. The molecule has 3 aliphatic heterocycles. The molecule has 2 amide bonds. The van der Waals surface area contributed by atoms with E-state index in [0.717, 1.165) is 43.3 Å². The van der Waals surface area contributed by atoms with Crippen molar-refractivity contribution in [1.82, 2.24) is 9.91 Å². The van der Waals surface area contributed by atoms with E-state index in [9.17, 15) is 9.59 Å². The maximum absolute atomic E-state index is 12.8. The highest BCUT2D eigenvalue weighted by atomic mass is 35.5. The third-order valence-electron chi connectivity index (χ3n) is 6.06. The number of likely N-dealkylation sites (tertiary alicyclic amines) is 1. The van der Waals surface area contributed by atoms with E-state index in [4.69, 9.17) is 26.5 Å². The largest absolute Gasteiger partial charge is 0.493 e. The first-order valence-corrected chi connectivity index (χ1v) is 12.9. The maximum Gasteiger partial charge on any atom is 0.283 e. The highest BCUT2D eigenvalue weighted by Gasteiger charge is 2.36. The van der Waals surface area contributed by atoms with Gasteiger partial charge in [0.05, 0.1) is 19.1 Å². The Morgan fingerprint density at radius 2 is 1.92 bits per heavy atom. The molecule has 3 aliphatic rings. The summed E-state index contributed by atoms with van der Waals surface area (Å²) in [5.74, 6) is 0.405. The van der Waals surface area contributed by atoms with Crippen LogP contribution in [0.1, 0.15) is 30.4 Å². The molecule has 0 atom stereocenters. The van der Waals surface area contributed by atoms with Crippen LogP contribution in [0.4, 0.5) is 0 Å². The normalized spacial score (nSPS) is 18.2. The molecule has 0 saturated carbocycles. The fourth-order valence-electron chi connectivity index (χ4n) is 4.11. The smallest absolute Gasteiger partial charge is 0.283 e. The van der Waals surface area contributed by atoms with Crippen LogP contribution in [0.15, 0.2) is 58.1 Å². The van der Waals surface area contributed by atoms with Gasteiger partial charge in [0.2, 0.25) is 11.1 Å². The summed E-state index contributed by atoms with van der Waals surface area (Å²) in [5.41, 5.74) is 1.69. The minimum absolute atomic E-state index is 0.00304. The molecule has 2 aromatic carbocycles. The Balaban J connectivity index is 1.30. The predicted molar refractivity (Wildman–Crippen MR) is 144 cm³/mol. The molecule has 37 heavy (non-hydrogen) atoms. The van der Waals surface area contributed by atoms with Crippen LogP contribution in [0.3, 0.4) is 0 Å². The van der Waals surface area contributed by atoms with Crippen LogP contribution in [0, 0.1) is 5.41 Å². The molecular weight excluding hydrogens is 514 g/mol. The predicted octanol–water partition coefficient (Wildman–Crippen LogP) is 4.56. The van der Waals surface area contributed by atoms with Crippen LogP contribution in [-0.2, 0) is 16.2 Å². The maximum atomic E-state index is 12.8. The van der Waals surface area contributed by atoms with Gasteiger partial charge >= 0.3 is 0 Å². The highest BCUT2D eigenvalue weighted by molar-refractivity contribution is 8.27. The number of aliphatic imine (C=N–C) groups is 1. The summed E-state index contributed by atoms with van der Waals surface area (Å²) in [6.07, 6.45) is 3.73. The average molecular weight is 538 g/mol. The molecule has 1 saturated heterocycles. The number of hydrazone groups is 1. The van der Waals surface area contributed by atoms with Crippen LogP contribution in [-0.4, -0.2) is 58.0 Å². The minimum atomic E-state index is -0.534. The Morgan fingerprint density at radius 3 is 2.65 bits per heavy atom. The number of methoxy groups -OCH3 is 1. The molecule has 0 spiro atoms. The fraction of sp³-hybridized carbons (Fsp3) is 0.269. The van der Waals surface area contributed by atoms with Gasteiger partial charge in [-0.1, -0.05) is 29.8 Å². The Hall–Kier alpha value is -3.63. The number of carbonyl (C=O) groups is 2. The van der Waals surface area contributed by atoms with Gasteiger partial charge in [-0.3, -0.25) is 15.0 Å². The van der Waals surface area contributed by atoms with Crippen molar-refractivity contribution in [1.29, 1.82) is 5.41 Å². The van der Waals surface area contributed by atoms with Gasteiger partial charge in [-0.05, 0) is 66.1 Å². The number of nitrogens with one attached hydrogen (secondary N) is 1. The van der Waals surface area contributed by atoms with E-state index in [2.05, 4.69) is 10.1 Å². The van der Waals surface area contributed by atoms with Gasteiger partial charge in [0, 0.05) is 18.1 Å². The number of benzene rings is 2. The zero-order chi connectivity index (χ0) is 25.9. The number of hydrogen-bond donors (Lipinski definition) is 1. The fourth-order valence-corrected chi connectivity index (χ4v) is 5.11. The van der Waals surface area contributed by atoms with Gasteiger partial charge in [0.15, 0.2) is 17.3 Å². The van der Waals surface area contributed by atoms with Gasteiger partial charge in [-0.15, -0.1) is 0 Å². The van der Waals surface area contributed by atoms with E-state index in [-0.39, 0.29) is 23.7 Å². The third kappa shape index (κ3) is 5.55. The summed E-state index contributed by atoms with van der Waals surface area (Å²) in [7, 11) is 1.53. The zero-order valence-corrected chi connectivity index (χ0v) is 21.6. The molecular formula is C26H24ClN5O4S. The molecule has 0 bridgehead atoms. The van der Waals surface area contributed by atoms with Crippen LogP contribution in [0.5, 0.6) is 11.5 Å². The first-order valence-electron chi connectivity index (χ1n) is 11.7. The second-order valence-electron chi connectivity index (χ2n) is 8.60. The molecule has 2 aromatic rings. The quantitative estimate of drug-likeness (QED) is 0.519. The first kappa shape index (κ1) is 25.0. The van der Waals surface area contributed by atoms with Gasteiger partial charge in [0.1, 0.15) is 11.7 Å². The van der Waals surface area contributed by atoms with Gasteiger partial charge in [-0.2, -0.15) is 15.1 Å². The Bertz CT molecular complexity index is 1350. The molecule has 11 heteroatoms. The van der Waals surface area contributed by atoms with Gasteiger partial charge < -0.3 is 14.4 Å². The molecule has 0 radical (unpaired) electrons. The number of carbonyl (C=O) groups excluding carboxylic acids is 2. The average Bonchev–Trinajstić information content (AvgIpc) is 3.57. The molecule has 1 fully saturated rings. The number of hydrogen-bond acceptors (Lipinski definition) is 7. The lowest BCUT2D eigenvalue weighted by Gasteiger charge is -2.20. The molecule has 0 aliphatic carbocycles. The van der Waals surface area contributed by atoms with E-state index in [1.54, 1.807) is 36.4 Å². The van der Waals surface area contributed by atoms with Crippen LogP contribution < -0.4 is 9.47 Å². The molecule has 3 heterocycles. The lowest BCUT2D eigenvalue weighted by atomic mass is 10.1. The van der Waals surface area contributed by atoms with E-state index in [1.807, 2.05) is 17.0 Å². The van der Waals surface area contributed by atoms with Crippen molar-refractivity contribution in [3.05, 3.63) is 64.2 Å². The molecule has 0 aromatic heterocycles. The van der Waals surface area contributed by atoms with Crippen molar-refractivity contribution >= 4 is 57.3 Å². The summed E-state index contributed by atoms with van der Waals surface area (Å²) in [6, 6.07) is 12.6. The Kier molecular flexibility index (Phi) is 7.29. The highest BCUT2D eigenvalue weighted by Crippen LogP contribution is 2.32. The van der Waals surface area contributed by atoms with Crippen molar-refractivity contribution in [2.24, 2.45) is 10.1 Å². The number of amidine groups is 2. The number of amides is 2. The number of fused-ring (bicyclic) bond motifs is 1. The van der Waals surface area contributed by atoms with E-state index in [0.29, 0.717) is 38.9 Å². The van der Waals surface area contributed by atoms with Crippen LogP contribution in [0.2, 0.25) is 5.02 Å². The van der Waals surface area contributed by atoms with Crippen LogP contribution >= 0.6 is 23.4 Å². The zero-order valence-electron chi connectivity index (χ0n) is 20.1. The summed E-state index contributed by atoms with van der Waals surface area (Å²) in [5, 5.41) is 15.8. The number of rotatable bonds is 7. The first-order chi connectivity index (χ1) is 17.9. The second-order valence-corrected chi connectivity index (χ2v) is 10.1. The van der Waals surface area contributed by atoms with Crippen molar-refractivity contribution in [3.63, 3.8) is 0 Å². The lowest BCUT2D eigenvalue weighted by molar-refractivity contribution is -0.128. The molecule has 1 N–H and O–H groups in total. The topological polar surface area (TPSA) is 108 Å². The summed E-state index contributed by atoms with van der Waals surface area (Å²) < 4.78 is 11.4. The van der Waals surface area contributed by atoms with Crippen molar-refractivity contribution in [2.45, 2.75) is 25.9 Å². The molecule has 9 nitrogen and oxygen atoms in total. The van der Waals surface area contributed by atoms with Crippen molar-refractivity contribution in [3.8, 4) is 11.5 Å². The van der Waals surface area contributed by atoms with Crippen molar-refractivity contribution < 1.29 is 19.1 Å². The minimum Gasteiger partial charge on any atom is -0.493 e. The van der Waals surface area contributed by atoms with Crippen LogP contribution in [0.25, 0.3) is 6.08 Å². The monoisotopic (exact) mass is 537 g/mol. The standard InChI is InChI=1S/C26H24ClN5O4S/c1-35-21-13-17(6-9-20(21)36-15-16-4-7-18(27)8-5-16)12-19-24(28)32-26(29-25(19)34)37-22(30-32)14-23(33)31-10-2-3-11-31/h4-9,12-13,28H,2-3,10-11,14-15H2,1H3. The van der Waals surface area contributed by atoms with Crippen molar-refractivity contribution in [2.75, 3.05) is 20.2 Å². The molecule has 0 unspecified atom stereocenters. The van der Waals surface area contributed by atoms with E-state index < -0.39 is 5.91 Å². The van der Waals surface area contributed by atoms with E-state index in [1.165, 1.54) is 12.1 Å². The summed E-state index contributed by atoms with van der Waals surface area (Å²) in [4.78, 5) is 31.2. The lowest BCUT2D eigenvalue weighted by Crippen LogP contribution is -2.35. The number of thioether (sulfide) groups is 1. The van der Waals surface area contributed by atoms with Gasteiger partial charge in [-0.25, -0.2) is 0 Å². The Labute approximate surface area is 223 Å². The Morgan fingerprint density at radius 1 is 1.16 bits per heavy atom. The molecule has 190 valence electrons. The SMILES string of the molecule is COc1cc(C=C2C(=N)N3N=C(CC(=O)N4CCCC4)SC3=NC2=O)ccc1OCc1ccc(Cl)cc1. The molecule has 5 rings (SSSR count). The third-order valence-corrected chi connectivity index (χ3v) is 7.22. The van der Waals surface area contributed by atoms with E-state index >= 15 is 0 Å². The number of nitrogens with zero attached hydrogens (tertiary/aromatic N) is 4. The number of ether oxygens (including phenoxy) is 2. The second kappa shape index (κ2) is 10.8. The summed E-state index contributed by atoms with van der Waals surface area (Å²) in [6.45, 7) is 1.86. The summed E-state index contributed by atoms with van der Waals surface area (Å²) >= 11 is 7.09. The van der Waals surface area contributed by atoms with Gasteiger partial charge in [0.25, 0.3) is 5.91 Å².